The summed E-state index contributed by atoms with van der Waals surface area (Å²) in [6.45, 7) is 0.990. The molecule has 0 aliphatic carbocycles. The van der Waals surface area contributed by atoms with Crippen LogP contribution in [-0.2, 0) is 0 Å². The first-order chi connectivity index (χ1) is 13.3. The quantitative estimate of drug-likeness (QED) is 0.491. The number of benzene rings is 2. The molecule has 3 aromatic rings. The van der Waals surface area contributed by atoms with Crippen LogP contribution < -0.4 is 4.90 Å². The van der Waals surface area contributed by atoms with Crippen molar-refractivity contribution in [1.29, 1.82) is 0 Å². The minimum absolute atomic E-state index is 0. The van der Waals surface area contributed by atoms with E-state index >= 15 is 0 Å². The van der Waals surface area contributed by atoms with Gasteiger partial charge in [-0.25, -0.2) is 18.2 Å². The Labute approximate surface area is 181 Å². The Bertz CT molecular complexity index is 1030. The van der Waals surface area contributed by atoms with Crippen LogP contribution in [0.15, 0.2) is 30.3 Å². The molecule has 156 valence electrons. The van der Waals surface area contributed by atoms with Crippen LogP contribution in [0.4, 0.5) is 18.3 Å². The zero-order chi connectivity index (χ0) is 20.4. The molecule has 3 rings (SSSR count). The van der Waals surface area contributed by atoms with Crippen molar-refractivity contribution in [1.82, 2.24) is 9.88 Å². The van der Waals surface area contributed by atoms with E-state index in [2.05, 4.69) is 4.98 Å². The maximum Gasteiger partial charge on any atom is 0.261 e. The van der Waals surface area contributed by atoms with Gasteiger partial charge in [0, 0.05) is 12.6 Å². The Hall–Kier alpha value is -1.87. The number of aromatic nitrogens is 1. The Morgan fingerprint density at radius 2 is 1.83 bits per heavy atom. The molecule has 0 atom stereocenters. The predicted molar refractivity (Wildman–Crippen MR) is 113 cm³/mol. The Morgan fingerprint density at radius 1 is 1.10 bits per heavy atom. The van der Waals surface area contributed by atoms with Gasteiger partial charge in [-0.05, 0) is 51.3 Å². The van der Waals surface area contributed by atoms with Crippen LogP contribution in [-0.4, -0.2) is 43.0 Å². The molecule has 0 saturated heterocycles. The van der Waals surface area contributed by atoms with Gasteiger partial charge >= 0.3 is 0 Å². The minimum atomic E-state index is -0.794. The molecule has 0 aliphatic rings. The molecule has 1 aromatic heterocycles. The van der Waals surface area contributed by atoms with E-state index in [9.17, 15) is 18.0 Å². The topological polar surface area (TPSA) is 36.4 Å². The van der Waals surface area contributed by atoms with Gasteiger partial charge in [-0.3, -0.25) is 9.69 Å². The van der Waals surface area contributed by atoms with Crippen molar-refractivity contribution in [3.8, 4) is 0 Å². The third-order valence-corrected chi connectivity index (χ3v) is 5.36. The molecule has 0 radical (unpaired) electrons. The van der Waals surface area contributed by atoms with Crippen LogP contribution in [0, 0.1) is 17.5 Å². The van der Waals surface area contributed by atoms with Gasteiger partial charge in [0.25, 0.3) is 5.91 Å². The van der Waals surface area contributed by atoms with Crippen LogP contribution >= 0.6 is 35.3 Å². The molecule has 0 spiro atoms. The van der Waals surface area contributed by atoms with Crippen molar-refractivity contribution in [3.05, 3.63) is 58.4 Å². The molecule has 0 N–H and O–H groups in total. The van der Waals surface area contributed by atoms with Crippen molar-refractivity contribution in [2.75, 3.05) is 32.1 Å². The molecule has 0 saturated carbocycles. The smallest absolute Gasteiger partial charge is 0.261 e. The van der Waals surface area contributed by atoms with Gasteiger partial charge in [0.2, 0.25) is 0 Å². The van der Waals surface area contributed by atoms with E-state index < -0.39 is 23.4 Å². The molecular weight excluding hydrogens is 446 g/mol. The van der Waals surface area contributed by atoms with Crippen molar-refractivity contribution >= 4 is 56.6 Å². The van der Waals surface area contributed by atoms with E-state index in [1.165, 1.54) is 17.0 Å². The summed E-state index contributed by atoms with van der Waals surface area (Å²) < 4.78 is 41.2. The Kier molecular flexibility index (Phi) is 7.87. The standard InChI is InChI=1S/C19H17ClF3N3OS.ClH/c1-25(2)6-3-7-26(18(27)13-5-4-11(21)8-14(13)20)19-24-17-15(23)9-12(22)10-16(17)28-19;/h4-5,8-10H,3,6-7H2,1-2H3;1H. The maximum atomic E-state index is 14.0. The summed E-state index contributed by atoms with van der Waals surface area (Å²) in [6, 6.07) is 5.42. The summed E-state index contributed by atoms with van der Waals surface area (Å²) in [7, 11) is 3.80. The second-order valence-corrected chi connectivity index (χ2v) is 7.88. The number of hydrogen-bond donors (Lipinski definition) is 0. The first-order valence-corrected chi connectivity index (χ1v) is 9.63. The van der Waals surface area contributed by atoms with E-state index in [4.69, 9.17) is 11.6 Å². The summed E-state index contributed by atoms with van der Waals surface area (Å²) >= 11 is 7.05. The summed E-state index contributed by atoms with van der Waals surface area (Å²) in [5, 5.41) is 0.199. The number of thiazole rings is 1. The molecule has 29 heavy (non-hydrogen) atoms. The highest BCUT2D eigenvalue weighted by molar-refractivity contribution is 7.22. The number of carbonyl (C=O) groups is 1. The molecule has 0 fully saturated rings. The van der Waals surface area contributed by atoms with Gasteiger partial charge in [0.05, 0.1) is 15.3 Å². The van der Waals surface area contributed by atoms with Crippen LogP contribution in [0.5, 0.6) is 0 Å². The van der Waals surface area contributed by atoms with Crippen LogP contribution in [0.1, 0.15) is 16.8 Å². The van der Waals surface area contributed by atoms with Gasteiger partial charge in [-0.1, -0.05) is 22.9 Å². The van der Waals surface area contributed by atoms with Crippen molar-refractivity contribution in [2.45, 2.75) is 6.42 Å². The third-order valence-electron chi connectivity index (χ3n) is 4.03. The fourth-order valence-corrected chi connectivity index (χ4v) is 3.98. The molecule has 0 aliphatic heterocycles. The molecule has 0 bridgehead atoms. The van der Waals surface area contributed by atoms with Crippen molar-refractivity contribution in [2.24, 2.45) is 0 Å². The molecule has 0 unspecified atom stereocenters. The summed E-state index contributed by atoms with van der Waals surface area (Å²) in [6.07, 6.45) is 0.615. The average Bonchev–Trinajstić information content (AvgIpc) is 3.02. The number of nitrogens with zero attached hydrogens (tertiary/aromatic N) is 3. The lowest BCUT2D eigenvalue weighted by Gasteiger charge is -2.21. The SMILES string of the molecule is CN(C)CCCN(C(=O)c1ccc(F)cc1Cl)c1nc2c(F)cc(F)cc2s1.Cl. The number of amides is 1. The second kappa shape index (κ2) is 9.75. The number of halogens is 5. The van der Waals surface area contributed by atoms with E-state index in [1.807, 2.05) is 19.0 Å². The van der Waals surface area contributed by atoms with Gasteiger partial charge in [0.15, 0.2) is 10.9 Å². The summed E-state index contributed by atoms with van der Waals surface area (Å²) in [4.78, 5) is 20.6. The highest BCUT2D eigenvalue weighted by atomic mass is 35.5. The fourth-order valence-electron chi connectivity index (χ4n) is 2.70. The highest BCUT2D eigenvalue weighted by Crippen LogP contribution is 2.32. The Balaban J connectivity index is 0.00000300. The number of fused-ring (bicyclic) bond motifs is 1. The largest absolute Gasteiger partial charge is 0.309 e. The highest BCUT2D eigenvalue weighted by Gasteiger charge is 2.24. The van der Waals surface area contributed by atoms with Crippen molar-refractivity contribution in [3.63, 3.8) is 0 Å². The summed E-state index contributed by atoms with van der Waals surface area (Å²) in [5.74, 6) is -2.55. The number of anilines is 1. The zero-order valence-corrected chi connectivity index (χ0v) is 18.0. The second-order valence-electron chi connectivity index (χ2n) is 6.47. The van der Waals surface area contributed by atoms with Crippen molar-refractivity contribution < 1.29 is 18.0 Å². The van der Waals surface area contributed by atoms with E-state index in [0.717, 1.165) is 29.5 Å². The predicted octanol–water partition coefficient (Wildman–Crippen LogP) is 5.39. The first-order valence-electron chi connectivity index (χ1n) is 8.43. The maximum absolute atomic E-state index is 14.0. The van der Waals surface area contributed by atoms with Crippen LogP contribution in [0.3, 0.4) is 0 Å². The molecule has 2 aromatic carbocycles. The van der Waals surface area contributed by atoms with Gasteiger partial charge < -0.3 is 4.90 Å². The van der Waals surface area contributed by atoms with Crippen LogP contribution in [0.25, 0.3) is 10.2 Å². The zero-order valence-electron chi connectivity index (χ0n) is 15.6. The fraction of sp³-hybridized carbons (Fsp3) is 0.263. The van der Waals surface area contributed by atoms with E-state index in [0.29, 0.717) is 17.7 Å². The molecule has 1 amide bonds. The summed E-state index contributed by atoms with van der Waals surface area (Å²) in [5.41, 5.74) is 0.107. The van der Waals surface area contributed by atoms with Gasteiger partial charge in [-0.2, -0.15) is 0 Å². The molecule has 4 nitrogen and oxygen atoms in total. The molecular formula is C19H18Cl2F3N3OS. The monoisotopic (exact) mass is 463 g/mol. The van der Waals surface area contributed by atoms with Gasteiger partial charge in [-0.15, -0.1) is 12.4 Å². The Morgan fingerprint density at radius 3 is 2.48 bits per heavy atom. The normalized spacial score (nSPS) is 11.0. The minimum Gasteiger partial charge on any atom is -0.309 e. The lowest BCUT2D eigenvalue weighted by Crippen LogP contribution is -2.33. The molecule has 10 heteroatoms. The molecule has 1 heterocycles. The van der Waals surface area contributed by atoms with E-state index in [-0.39, 0.29) is 40.2 Å². The first kappa shape index (κ1) is 23.4. The number of hydrogen-bond acceptors (Lipinski definition) is 4. The lowest BCUT2D eigenvalue weighted by molar-refractivity contribution is 0.0986. The van der Waals surface area contributed by atoms with E-state index in [1.54, 1.807) is 0 Å². The van der Waals surface area contributed by atoms with Crippen LogP contribution in [0.2, 0.25) is 5.02 Å². The average molecular weight is 464 g/mol. The third kappa shape index (κ3) is 5.39. The van der Waals surface area contributed by atoms with Gasteiger partial charge in [0.1, 0.15) is 17.2 Å². The number of carbonyl (C=O) groups excluding carboxylic acids is 1. The number of rotatable bonds is 6. The lowest BCUT2D eigenvalue weighted by atomic mass is 10.2.